The second-order valence-corrected chi connectivity index (χ2v) is 21.4. The molecule has 2 aromatic carbocycles. The van der Waals surface area contributed by atoms with Crippen LogP contribution in [0.5, 0.6) is 5.75 Å². The normalized spacial score (nSPS) is 31.9. The predicted molar refractivity (Wildman–Crippen MR) is 274 cm³/mol. The van der Waals surface area contributed by atoms with E-state index < -0.39 is 71.4 Å². The van der Waals surface area contributed by atoms with E-state index in [9.17, 15) is 45.8 Å². The summed E-state index contributed by atoms with van der Waals surface area (Å²) in [6, 6.07) is 15.9. The van der Waals surface area contributed by atoms with Crippen LogP contribution in [0.1, 0.15) is 116 Å². The van der Waals surface area contributed by atoms with Crippen molar-refractivity contribution in [3.8, 4) is 23.8 Å². The third-order valence-corrected chi connectivity index (χ3v) is 16.4. The van der Waals surface area contributed by atoms with Crippen molar-refractivity contribution in [3.05, 3.63) is 125 Å². The summed E-state index contributed by atoms with van der Waals surface area (Å²) in [5.74, 6) is 1.71. The molecule has 9 rings (SSSR count). The molecule has 2 fully saturated rings. The lowest BCUT2D eigenvalue weighted by atomic mass is 9.58. The molecule has 7 N–H and O–H groups in total. The number of aliphatic hydroxyl groups excluding tert-OH is 5. The molecule has 3 aromatic rings. The number of aromatic carboxylic acids is 1. The Balaban J connectivity index is 1.20. The van der Waals surface area contributed by atoms with E-state index in [1.807, 2.05) is 34.9 Å². The predicted octanol–water partition coefficient (Wildman–Crippen LogP) is 6.72. The first-order valence-electron chi connectivity index (χ1n) is 26.4. The molecule has 3 bridgehead atoms. The van der Waals surface area contributed by atoms with E-state index in [1.165, 1.54) is 0 Å². The van der Waals surface area contributed by atoms with E-state index in [0.717, 1.165) is 36.0 Å². The molecule has 2 aliphatic carbocycles. The monoisotopic (exact) mass is 1020 g/mol. The fourth-order valence-electron chi connectivity index (χ4n) is 12.7. The molecule has 14 unspecified atom stereocenters. The van der Waals surface area contributed by atoms with Crippen molar-refractivity contribution in [2.75, 3.05) is 26.9 Å². The van der Waals surface area contributed by atoms with Crippen LogP contribution < -0.4 is 4.74 Å². The Bertz CT molecular complexity index is 2580. The van der Waals surface area contributed by atoms with E-state index in [0.29, 0.717) is 55.6 Å². The standard InChI is InChI=1S/C59H74N2O13/c1-4-6-7-11-47-31-57(22-20-45-27-40(30-58(45,69)37-57)26-38-14-16-42(17-15-38)55(67)68)48-32-59(74-47)54(66)52(65)53(51(13-8-24-62)71-25-9-12-50(48)64)73-56(59)72-46-19-18-41(10-5-2)43(29-46)28-44(36-70-3)49(35-63)61-23-21-39(33-60)34-61/h5,14-23,29,31,34,40,44-45,48-54,56,62-66,69H,2,4,6-8,10-13,24,26-28,30,32,35-37H2,1,3H3,(H,67,68). The molecular weight excluding hydrogens is 945 g/mol. The highest BCUT2D eigenvalue weighted by atomic mass is 16.7. The molecule has 0 radical (unpaired) electrons. The Labute approximate surface area is 434 Å². The van der Waals surface area contributed by atoms with Gasteiger partial charge >= 0.3 is 5.97 Å². The number of ether oxygens (including phenoxy) is 5. The first-order valence-corrected chi connectivity index (χ1v) is 26.4. The second kappa shape index (κ2) is 24.0. The van der Waals surface area contributed by atoms with Gasteiger partial charge in [-0.25, -0.2) is 4.79 Å². The van der Waals surface area contributed by atoms with E-state index in [-0.39, 0.29) is 75.2 Å². The number of benzene rings is 2. The third kappa shape index (κ3) is 11.7. The molecule has 5 heterocycles. The maximum Gasteiger partial charge on any atom is 0.335 e. The minimum Gasteiger partial charge on any atom is -0.482 e. The Hall–Kier alpha value is -5.46. The van der Waals surface area contributed by atoms with Gasteiger partial charge in [0.25, 0.3) is 0 Å². The van der Waals surface area contributed by atoms with Crippen LogP contribution in [0.4, 0.5) is 0 Å². The highest BCUT2D eigenvalue weighted by Gasteiger charge is 2.65. The molecule has 2 spiro atoms. The quantitative estimate of drug-likeness (QED) is 0.0334. The summed E-state index contributed by atoms with van der Waals surface area (Å²) < 4.78 is 34.9. The molecule has 6 aliphatic rings. The number of nitrogens with zero attached hydrogens (tertiary/aromatic N) is 2. The molecule has 14 atom stereocenters. The van der Waals surface area contributed by atoms with Crippen molar-refractivity contribution in [2.24, 2.45) is 29.1 Å². The number of carboxylic acids is 1. The van der Waals surface area contributed by atoms with Gasteiger partial charge in [-0.1, -0.05) is 62.1 Å². The van der Waals surface area contributed by atoms with Gasteiger partial charge < -0.3 is 64.0 Å². The summed E-state index contributed by atoms with van der Waals surface area (Å²) in [7, 11) is 1.60. The van der Waals surface area contributed by atoms with Gasteiger partial charge in [0.05, 0.1) is 47.8 Å². The van der Waals surface area contributed by atoms with Crippen LogP contribution in [0.3, 0.4) is 0 Å². The minimum absolute atomic E-state index is 0.0268. The van der Waals surface area contributed by atoms with Gasteiger partial charge in [-0.05, 0) is 117 Å². The van der Waals surface area contributed by atoms with Gasteiger partial charge in [-0.3, -0.25) is 0 Å². The topological polar surface area (TPSA) is 234 Å². The Morgan fingerprint density at radius 2 is 1.89 bits per heavy atom. The lowest BCUT2D eigenvalue weighted by Gasteiger charge is -2.53. The Morgan fingerprint density at radius 1 is 1.08 bits per heavy atom. The lowest BCUT2D eigenvalue weighted by Crippen LogP contribution is -2.71. The number of carboxylic acid groups (broad SMARTS) is 1. The fraction of sp³-hybridized carbons (Fsp3) is 0.559. The average Bonchev–Trinajstić information content (AvgIpc) is 3.96. The molecule has 398 valence electrons. The number of aliphatic hydroxyl groups is 6. The van der Waals surface area contributed by atoms with Crippen LogP contribution in [-0.4, -0.2) is 121 Å². The van der Waals surface area contributed by atoms with Gasteiger partial charge in [-0.15, -0.1) is 6.58 Å². The zero-order valence-electron chi connectivity index (χ0n) is 42.6. The van der Waals surface area contributed by atoms with Crippen molar-refractivity contribution < 1.29 is 64.2 Å². The summed E-state index contributed by atoms with van der Waals surface area (Å²) in [6.45, 7) is 6.00. The molecule has 1 aromatic heterocycles. The molecule has 4 aliphatic heterocycles. The zero-order chi connectivity index (χ0) is 52.6. The number of carbonyl (C=O) groups is 1. The number of fused-ring (bicyclic) bond motifs is 7. The van der Waals surface area contributed by atoms with Crippen molar-refractivity contribution >= 4 is 5.97 Å². The summed E-state index contributed by atoms with van der Waals surface area (Å²) in [5.41, 5.74) is -0.645. The number of hydrogen-bond acceptors (Lipinski definition) is 13. The van der Waals surface area contributed by atoms with Crippen LogP contribution in [0.2, 0.25) is 0 Å². The van der Waals surface area contributed by atoms with Crippen LogP contribution in [0.25, 0.3) is 0 Å². The Kier molecular flexibility index (Phi) is 17.8. The first kappa shape index (κ1) is 54.8. The number of rotatable bonds is 21. The lowest BCUT2D eigenvalue weighted by molar-refractivity contribution is -0.337. The third-order valence-electron chi connectivity index (χ3n) is 16.4. The average molecular weight is 1020 g/mol. The van der Waals surface area contributed by atoms with Crippen LogP contribution >= 0.6 is 0 Å². The maximum atomic E-state index is 13.0. The van der Waals surface area contributed by atoms with Gasteiger partial charge in [-0.2, -0.15) is 5.26 Å². The summed E-state index contributed by atoms with van der Waals surface area (Å²) >= 11 is 0. The molecule has 0 amide bonds. The molecule has 15 heteroatoms. The van der Waals surface area contributed by atoms with Crippen LogP contribution in [0.15, 0.2) is 97.6 Å². The number of allylic oxidation sites excluding steroid dienone is 4. The summed E-state index contributed by atoms with van der Waals surface area (Å²) in [4.78, 5) is 11.6. The zero-order valence-corrected chi connectivity index (χ0v) is 42.6. The fourth-order valence-corrected chi connectivity index (χ4v) is 12.7. The molecule has 1 saturated heterocycles. The minimum atomic E-state index is -1.86. The summed E-state index contributed by atoms with van der Waals surface area (Å²) in [6.07, 6.45) is 12.5. The van der Waals surface area contributed by atoms with Gasteiger partial charge in [0.2, 0.25) is 6.29 Å². The van der Waals surface area contributed by atoms with Crippen molar-refractivity contribution in [1.29, 1.82) is 5.26 Å². The van der Waals surface area contributed by atoms with E-state index >= 15 is 0 Å². The van der Waals surface area contributed by atoms with E-state index in [4.69, 9.17) is 23.7 Å². The van der Waals surface area contributed by atoms with Crippen LogP contribution in [-0.2, 0) is 38.2 Å². The smallest absolute Gasteiger partial charge is 0.335 e. The van der Waals surface area contributed by atoms with E-state index in [2.05, 4.69) is 43.8 Å². The molecule has 74 heavy (non-hydrogen) atoms. The van der Waals surface area contributed by atoms with Crippen molar-refractivity contribution in [2.45, 2.75) is 151 Å². The largest absolute Gasteiger partial charge is 0.482 e. The van der Waals surface area contributed by atoms with Crippen molar-refractivity contribution in [3.63, 3.8) is 0 Å². The number of hydrogen-bond donors (Lipinski definition) is 7. The molecule has 1 saturated carbocycles. The number of unbranched alkanes of at least 4 members (excludes halogenated alkanes) is 2. The summed E-state index contributed by atoms with van der Waals surface area (Å²) in [5, 5.41) is 90.7. The van der Waals surface area contributed by atoms with Gasteiger partial charge in [0.15, 0.2) is 5.60 Å². The van der Waals surface area contributed by atoms with Crippen LogP contribution in [0, 0.1) is 52.4 Å². The highest BCUT2D eigenvalue weighted by molar-refractivity contribution is 5.87. The molecule has 15 nitrogen and oxygen atoms in total. The second-order valence-electron chi connectivity index (χ2n) is 21.4. The SMILES string of the molecule is C=CCc1ccc(OC2OC3C(CCCO)OC#CCC(O)C4CC2(OC(CCCCC)=CC42C=CC4CC(Cc5ccc(C(=O)O)cc5)CC4(O)C2)C(O)C3O)cc1CC(COC)C(CO)n1ccc(C#N)c1. The van der Waals surface area contributed by atoms with Gasteiger partial charge in [0, 0.05) is 68.5 Å². The Morgan fingerprint density at radius 3 is 2.59 bits per heavy atom. The number of methoxy groups -OCH3 is 1. The number of nitriles is 1. The number of aromatic nitrogens is 1. The van der Waals surface area contributed by atoms with Gasteiger partial charge in [0.1, 0.15) is 42.3 Å². The van der Waals surface area contributed by atoms with E-state index in [1.54, 1.807) is 49.8 Å². The first-order chi connectivity index (χ1) is 35.7. The van der Waals surface area contributed by atoms with Crippen molar-refractivity contribution in [1.82, 2.24) is 4.57 Å². The molecular formula is C59H74N2O13. The maximum absolute atomic E-state index is 13.0. The highest BCUT2D eigenvalue weighted by Crippen LogP contribution is 2.59.